The van der Waals surface area contributed by atoms with E-state index in [0.717, 1.165) is 6.54 Å². The molecule has 0 spiro atoms. The summed E-state index contributed by atoms with van der Waals surface area (Å²) < 4.78 is 25.5. The minimum absolute atomic E-state index is 0.354. The molecular weight excluding hydrogens is 218 g/mol. The molecule has 1 saturated heterocycles. The van der Waals surface area contributed by atoms with Crippen molar-refractivity contribution < 1.29 is 18.7 Å². The maximum absolute atomic E-state index is 12.7. The van der Waals surface area contributed by atoms with Crippen LogP contribution in [0.15, 0.2) is 0 Å². The Hall–Kier alpha value is -0.750. The highest BCUT2D eigenvalue weighted by Gasteiger charge is 2.40. The van der Waals surface area contributed by atoms with Crippen molar-refractivity contribution in [2.75, 3.05) is 26.2 Å². The Bertz CT molecular complexity index is 253. The van der Waals surface area contributed by atoms with E-state index in [1.54, 1.807) is 0 Å². The zero-order chi connectivity index (χ0) is 12.2. The van der Waals surface area contributed by atoms with Crippen molar-refractivity contribution in [1.82, 2.24) is 10.6 Å². The number of rotatable bonds is 5. The number of halogens is 2. The first kappa shape index (κ1) is 13.3. The van der Waals surface area contributed by atoms with Crippen LogP contribution in [0.5, 0.6) is 0 Å². The van der Waals surface area contributed by atoms with Gasteiger partial charge in [0.15, 0.2) is 0 Å². The molecule has 94 valence electrons. The third-order valence-electron chi connectivity index (χ3n) is 3.14. The van der Waals surface area contributed by atoms with Gasteiger partial charge in [-0.1, -0.05) is 6.92 Å². The predicted octanol–water partition coefficient (Wildman–Crippen LogP) is 0.120. The van der Waals surface area contributed by atoms with E-state index in [4.69, 9.17) is 5.11 Å². The number of carbonyl (C=O) groups excluding carboxylic acids is 1. The summed E-state index contributed by atoms with van der Waals surface area (Å²) in [5.41, 5.74) is -0.564. The second-order valence-electron chi connectivity index (χ2n) is 4.26. The summed E-state index contributed by atoms with van der Waals surface area (Å²) in [6.45, 7) is 1.09. The first-order valence-corrected chi connectivity index (χ1v) is 5.43. The molecule has 1 unspecified atom stereocenters. The molecular formula is C10H18F2N2O2. The molecule has 0 aromatic heterocycles. The van der Waals surface area contributed by atoms with Crippen LogP contribution in [0.25, 0.3) is 0 Å². The molecule has 6 heteroatoms. The largest absolute Gasteiger partial charge is 0.390 e. The molecule has 1 rings (SSSR count). The topological polar surface area (TPSA) is 61.4 Å². The zero-order valence-corrected chi connectivity index (χ0v) is 9.35. The maximum atomic E-state index is 12.7. The van der Waals surface area contributed by atoms with E-state index in [1.807, 2.05) is 6.92 Å². The Labute approximate surface area is 93.4 Å². The van der Waals surface area contributed by atoms with E-state index in [1.165, 1.54) is 0 Å². The third kappa shape index (κ3) is 2.89. The van der Waals surface area contributed by atoms with Gasteiger partial charge < -0.3 is 15.7 Å². The Balaban J connectivity index is 2.51. The first-order valence-electron chi connectivity index (χ1n) is 5.43. The lowest BCUT2D eigenvalue weighted by atomic mass is 9.83. The Morgan fingerprint density at radius 1 is 1.62 bits per heavy atom. The summed E-state index contributed by atoms with van der Waals surface area (Å²) in [4.78, 5) is 11.8. The van der Waals surface area contributed by atoms with Crippen molar-refractivity contribution in [3.05, 3.63) is 0 Å². The molecule has 1 aliphatic rings. The van der Waals surface area contributed by atoms with Crippen molar-refractivity contribution >= 4 is 5.91 Å². The van der Waals surface area contributed by atoms with Crippen LogP contribution in [0.3, 0.4) is 0 Å². The second kappa shape index (κ2) is 5.05. The normalized spacial score (nSPS) is 25.8. The summed E-state index contributed by atoms with van der Waals surface area (Å²) in [7, 11) is 0. The zero-order valence-electron chi connectivity index (χ0n) is 9.35. The highest BCUT2D eigenvalue weighted by atomic mass is 19.3. The molecule has 0 radical (unpaired) electrons. The minimum Gasteiger partial charge on any atom is -0.390 e. The number of alkyl halides is 2. The molecule has 1 fully saturated rings. The van der Waals surface area contributed by atoms with Gasteiger partial charge in [0, 0.05) is 6.54 Å². The fourth-order valence-electron chi connectivity index (χ4n) is 1.85. The molecule has 1 amide bonds. The SMILES string of the molecule is CCC1(C(=O)NCC(F)(F)CO)CCNC1. The second-order valence-corrected chi connectivity index (χ2v) is 4.26. The van der Waals surface area contributed by atoms with Crippen LogP contribution >= 0.6 is 0 Å². The minimum atomic E-state index is -3.24. The van der Waals surface area contributed by atoms with Crippen LogP contribution in [-0.4, -0.2) is 43.2 Å². The molecule has 16 heavy (non-hydrogen) atoms. The summed E-state index contributed by atoms with van der Waals surface area (Å²) in [6.07, 6.45) is 1.29. The molecule has 0 aromatic carbocycles. The van der Waals surface area contributed by atoms with Gasteiger partial charge in [0.25, 0.3) is 5.92 Å². The average Bonchev–Trinajstić information content (AvgIpc) is 2.76. The molecule has 4 nitrogen and oxygen atoms in total. The number of aliphatic hydroxyl groups excluding tert-OH is 1. The van der Waals surface area contributed by atoms with Crippen LogP contribution < -0.4 is 10.6 Å². The van der Waals surface area contributed by atoms with Gasteiger partial charge in [0.2, 0.25) is 5.91 Å². The molecule has 1 aliphatic heterocycles. The summed E-state index contributed by atoms with van der Waals surface area (Å²) in [5.74, 6) is -3.59. The lowest BCUT2D eigenvalue weighted by Crippen LogP contribution is -2.47. The quantitative estimate of drug-likeness (QED) is 0.635. The van der Waals surface area contributed by atoms with Crippen molar-refractivity contribution in [3.63, 3.8) is 0 Å². The third-order valence-corrected chi connectivity index (χ3v) is 3.14. The summed E-state index contributed by atoms with van der Waals surface area (Å²) in [6, 6.07) is 0. The Morgan fingerprint density at radius 3 is 2.75 bits per heavy atom. The van der Waals surface area contributed by atoms with Crippen molar-refractivity contribution in [2.45, 2.75) is 25.7 Å². The first-order chi connectivity index (χ1) is 7.46. The van der Waals surface area contributed by atoms with Gasteiger partial charge in [-0.05, 0) is 19.4 Å². The van der Waals surface area contributed by atoms with Crippen molar-refractivity contribution in [1.29, 1.82) is 0 Å². The number of carbonyl (C=O) groups is 1. The Kier molecular flexibility index (Phi) is 4.21. The van der Waals surface area contributed by atoms with E-state index in [2.05, 4.69) is 10.6 Å². The van der Waals surface area contributed by atoms with Gasteiger partial charge in [-0.25, -0.2) is 8.78 Å². The number of hydrogen-bond acceptors (Lipinski definition) is 3. The highest BCUT2D eigenvalue weighted by Crippen LogP contribution is 2.29. The van der Waals surface area contributed by atoms with Crippen LogP contribution in [0.4, 0.5) is 8.78 Å². The van der Waals surface area contributed by atoms with Crippen LogP contribution in [-0.2, 0) is 4.79 Å². The van der Waals surface area contributed by atoms with Crippen molar-refractivity contribution in [3.8, 4) is 0 Å². The van der Waals surface area contributed by atoms with Crippen molar-refractivity contribution in [2.24, 2.45) is 5.41 Å². The van der Waals surface area contributed by atoms with E-state index in [0.29, 0.717) is 19.4 Å². The number of nitrogens with one attached hydrogen (secondary N) is 2. The maximum Gasteiger partial charge on any atom is 0.287 e. The van der Waals surface area contributed by atoms with E-state index in [-0.39, 0.29) is 5.91 Å². The molecule has 1 atom stereocenters. The molecule has 1 heterocycles. The van der Waals surface area contributed by atoms with Gasteiger partial charge in [-0.15, -0.1) is 0 Å². The Morgan fingerprint density at radius 2 is 2.31 bits per heavy atom. The van der Waals surface area contributed by atoms with E-state index in [9.17, 15) is 13.6 Å². The number of hydrogen-bond donors (Lipinski definition) is 3. The molecule has 0 bridgehead atoms. The number of amides is 1. The van der Waals surface area contributed by atoms with Crippen LogP contribution in [0.2, 0.25) is 0 Å². The van der Waals surface area contributed by atoms with E-state index >= 15 is 0 Å². The summed E-state index contributed by atoms with van der Waals surface area (Å²) >= 11 is 0. The van der Waals surface area contributed by atoms with E-state index < -0.39 is 24.5 Å². The van der Waals surface area contributed by atoms with Gasteiger partial charge in [0.05, 0.1) is 12.0 Å². The molecule has 0 aromatic rings. The standard InChI is InChI=1S/C10H18F2N2O2/c1-2-9(3-4-13-5-9)8(16)14-6-10(11,12)7-15/h13,15H,2-7H2,1H3,(H,14,16). The fourth-order valence-corrected chi connectivity index (χ4v) is 1.85. The fraction of sp³-hybridized carbons (Fsp3) is 0.900. The predicted molar refractivity (Wildman–Crippen MR) is 55.3 cm³/mol. The summed E-state index contributed by atoms with van der Waals surface area (Å²) in [5, 5.41) is 13.7. The van der Waals surface area contributed by atoms with Gasteiger partial charge in [0.1, 0.15) is 6.61 Å². The van der Waals surface area contributed by atoms with Crippen LogP contribution in [0.1, 0.15) is 19.8 Å². The molecule has 0 aliphatic carbocycles. The lowest BCUT2D eigenvalue weighted by Gasteiger charge is -2.26. The highest BCUT2D eigenvalue weighted by molar-refractivity contribution is 5.83. The van der Waals surface area contributed by atoms with Gasteiger partial charge >= 0.3 is 0 Å². The smallest absolute Gasteiger partial charge is 0.287 e. The number of aliphatic hydroxyl groups is 1. The van der Waals surface area contributed by atoms with Gasteiger partial charge in [-0.2, -0.15) is 0 Å². The monoisotopic (exact) mass is 236 g/mol. The van der Waals surface area contributed by atoms with Crippen LogP contribution in [0, 0.1) is 5.41 Å². The molecule has 0 saturated carbocycles. The molecule has 3 N–H and O–H groups in total. The average molecular weight is 236 g/mol. The van der Waals surface area contributed by atoms with Gasteiger partial charge in [-0.3, -0.25) is 4.79 Å². The lowest BCUT2D eigenvalue weighted by molar-refractivity contribution is -0.133.